The highest BCUT2D eigenvalue weighted by molar-refractivity contribution is 5.68. The third-order valence-corrected chi connectivity index (χ3v) is 3.69. The van der Waals surface area contributed by atoms with Crippen molar-refractivity contribution in [2.24, 2.45) is 0 Å². The number of hydrogen-bond acceptors (Lipinski definition) is 3. The molecule has 106 valence electrons. The number of halogens is 3. The van der Waals surface area contributed by atoms with E-state index in [0.29, 0.717) is 12.3 Å². The standard InChI is InChI=1S/C13H17F3N2O/c1-8-12(2,5-6-19-8)18-11-4-3-9(7-10(11)17)13(14,15)16/h3-4,7-8,18H,5-6,17H2,1-2H3. The second-order valence-electron chi connectivity index (χ2n) is 5.11. The first kappa shape index (κ1) is 14.0. The van der Waals surface area contributed by atoms with Crippen LogP contribution in [0.15, 0.2) is 18.2 Å². The SMILES string of the molecule is CC1OCCC1(C)Nc1ccc(C(F)(F)F)cc1N. The monoisotopic (exact) mass is 274 g/mol. The molecule has 1 aliphatic heterocycles. The molecule has 2 atom stereocenters. The van der Waals surface area contributed by atoms with Crippen LogP contribution in [0.5, 0.6) is 0 Å². The molecule has 1 aromatic rings. The number of hydrogen-bond donors (Lipinski definition) is 2. The molecule has 6 heteroatoms. The van der Waals surface area contributed by atoms with Gasteiger partial charge in [-0.15, -0.1) is 0 Å². The summed E-state index contributed by atoms with van der Waals surface area (Å²) in [5.74, 6) is 0. The van der Waals surface area contributed by atoms with Gasteiger partial charge < -0.3 is 15.8 Å². The molecule has 0 aromatic heterocycles. The van der Waals surface area contributed by atoms with Crippen LogP contribution >= 0.6 is 0 Å². The highest BCUT2D eigenvalue weighted by Gasteiger charge is 2.37. The van der Waals surface area contributed by atoms with Crippen molar-refractivity contribution >= 4 is 11.4 Å². The molecule has 0 radical (unpaired) electrons. The Morgan fingerprint density at radius 3 is 2.58 bits per heavy atom. The molecule has 1 heterocycles. The lowest BCUT2D eigenvalue weighted by Gasteiger charge is -2.30. The van der Waals surface area contributed by atoms with Gasteiger partial charge in [-0.1, -0.05) is 0 Å². The predicted molar refractivity (Wildman–Crippen MR) is 67.9 cm³/mol. The summed E-state index contributed by atoms with van der Waals surface area (Å²) in [5, 5.41) is 3.20. The number of nitrogens with one attached hydrogen (secondary N) is 1. The van der Waals surface area contributed by atoms with E-state index in [4.69, 9.17) is 10.5 Å². The van der Waals surface area contributed by atoms with Gasteiger partial charge in [0.15, 0.2) is 0 Å². The minimum Gasteiger partial charge on any atom is -0.397 e. The molecule has 0 spiro atoms. The van der Waals surface area contributed by atoms with Gasteiger partial charge in [-0.3, -0.25) is 0 Å². The summed E-state index contributed by atoms with van der Waals surface area (Å²) in [5.41, 5.74) is 5.25. The van der Waals surface area contributed by atoms with Gasteiger partial charge in [0.1, 0.15) is 0 Å². The van der Waals surface area contributed by atoms with Crippen LogP contribution in [0.4, 0.5) is 24.5 Å². The predicted octanol–water partition coefficient (Wildman–Crippen LogP) is 3.27. The minimum absolute atomic E-state index is 0.0193. The minimum atomic E-state index is -4.37. The average Bonchev–Trinajstić information content (AvgIpc) is 2.61. The molecule has 19 heavy (non-hydrogen) atoms. The zero-order valence-electron chi connectivity index (χ0n) is 10.8. The van der Waals surface area contributed by atoms with Gasteiger partial charge >= 0.3 is 6.18 Å². The average molecular weight is 274 g/mol. The van der Waals surface area contributed by atoms with Crippen LogP contribution < -0.4 is 11.1 Å². The summed E-state index contributed by atoms with van der Waals surface area (Å²) >= 11 is 0. The smallest absolute Gasteiger partial charge is 0.397 e. The molecule has 0 bridgehead atoms. The summed E-state index contributed by atoms with van der Waals surface area (Å²) in [6, 6.07) is 3.35. The Hall–Kier alpha value is -1.43. The summed E-state index contributed by atoms with van der Waals surface area (Å²) in [4.78, 5) is 0. The van der Waals surface area contributed by atoms with Crippen LogP contribution in [0.25, 0.3) is 0 Å². The molecule has 0 saturated carbocycles. The maximum Gasteiger partial charge on any atom is 0.416 e. The van der Waals surface area contributed by atoms with Crippen molar-refractivity contribution in [1.82, 2.24) is 0 Å². The molecule has 0 aliphatic carbocycles. The highest BCUT2D eigenvalue weighted by atomic mass is 19.4. The molecule has 3 N–H and O–H groups in total. The van der Waals surface area contributed by atoms with E-state index in [0.717, 1.165) is 18.6 Å². The van der Waals surface area contributed by atoms with E-state index >= 15 is 0 Å². The summed E-state index contributed by atoms with van der Waals surface area (Å²) in [6.45, 7) is 4.53. The molecule has 1 fully saturated rings. The first-order valence-corrected chi connectivity index (χ1v) is 6.09. The number of anilines is 2. The van der Waals surface area contributed by atoms with Crippen LogP contribution in [-0.4, -0.2) is 18.2 Å². The Labute approximate surface area is 109 Å². The summed E-state index contributed by atoms with van der Waals surface area (Å²) in [6.07, 6.45) is -3.61. The van der Waals surface area contributed by atoms with Gasteiger partial charge in [0.2, 0.25) is 0 Å². The number of ether oxygens (including phenoxy) is 1. The van der Waals surface area contributed by atoms with Crippen LogP contribution in [0.1, 0.15) is 25.8 Å². The number of nitrogen functional groups attached to an aromatic ring is 1. The molecule has 1 saturated heterocycles. The lowest BCUT2D eigenvalue weighted by Crippen LogP contribution is -2.41. The Morgan fingerprint density at radius 1 is 1.42 bits per heavy atom. The van der Waals surface area contributed by atoms with Gasteiger partial charge in [-0.25, -0.2) is 0 Å². The Bertz CT molecular complexity index is 475. The molecular weight excluding hydrogens is 257 g/mol. The van der Waals surface area contributed by atoms with Crippen molar-refractivity contribution in [3.8, 4) is 0 Å². The van der Waals surface area contributed by atoms with Crippen molar-refractivity contribution in [2.75, 3.05) is 17.7 Å². The lowest BCUT2D eigenvalue weighted by atomic mass is 9.94. The summed E-state index contributed by atoms with van der Waals surface area (Å²) in [7, 11) is 0. The number of alkyl halides is 3. The fourth-order valence-electron chi connectivity index (χ4n) is 2.16. The zero-order chi connectivity index (χ0) is 14.3. The number of nitrogens with two attached hydrogens (primary N) is 1. The van der Waals surface area contributed by atoms with Gasteiger partial charge in [-0.05, 0) is 38.5 Å². The third-order valence-electron chi connectivity index (χ3n) is 3.69. The third kappa shape index (κ3) is 2.78. The molecule has 1 aliphatic rings. The summed E-state index contributed by atoms with van der Waals surface area (Å²) < 4.78 is 43.1. The largest absolute Gasteiger partial charge is 0.416 e. The van der Waals surface area contributed by atoms with Crippen molar-refractivity contribution in [2.45, 2.75) is 38.1 Å². The van der Waals surface area contributed by atoms with Crippen molar-refractivity contribution in [1.29, 1.82) is 0 Å². The molecule has 3 nitrogen and oxygen atoms in total. The van der Waals surface area contributed by atoms with E-state index in [1.165, 1.54) is 6.07 Å². The van der Waals surface area contributed by atoms with E-state index in [1.807, 2.05) is 13.8 Å². The van der Waals surface area contributed by atoms with Crippen molar-refractivity contribution in [3.63, 3.8) is 0 Å². The van der Waals surface area contributed by atoms with Gasteiger partial charge in [0, 0.05) is 6.61 Å². The van der Waals surface area contributed by atoms with Crippen LogP contribution in [-0.2, 0) is 10.9 Å². The maximum atomic E-state index is 12.5. The van der Waals surface area contributed by atoms with Gasteiger partial charge in [0.05, 0.1) is 28.6 Å². The molecule has 2 unspecified atom stereocenters. The van der Waals surface area contributed by atoms with E-state index < -0.39 is 11.7 Å². The lowest BCUT2D eigenvalue weighted by molar-refractivity contribution is -0.137. The van der Waals surface area contributed by atoms with Crippen LogP contribution in [0.2, 0.25) is 0 Å². The van der Waals surface area contributed by atoms with Crippen molar-refractivity contribution < 1.29 is 17.9 Å². The first-order chi connectivity index (χ1) is 8.72. The van der Waals surface area contributed by atoms with E-state index in [2.05, 4.69) is 5.32 Å². The quantitative estimate of drug-likeness (QED) is 0.814. The van der Waals surface area contributed by atoms with Gasteiger partial charge in [-0.2, -0.15) is 13.2 Å². The maximum absolute atomic E-state index is 12.5. The van der Waals surface area contributed by atoms with Gasteiger partial charge in [0.25, 0.3) is 0 Å². The topological polar surface area (TPSA) is 47.3 Å². The highest BCUT2D eigenvalue weighted by Crippen LogP contribution is 2.35. The molecule has 1 aromatic carbocycles. The fraction of sp³-hybridized carbons (Fsp3) is 0.538. The fourth-order valence-corrected chi connectivity index (χ4v) is 2.16. The van der Waals surface area contributed by atoms with Crippen LogP contribution in [0, 0.1) is 0 Å². The number of rotatable bonds is 2. The van der Waals surface area contributed by atoms with Crippen molar-refractivity contribution in [3.05, 3.63) is 23.8 Å². The van der Waals surface area contributed by atoms with E-state index in [1.54, 1.807) is 0 Å². The first-order valence-electron chi connectivity index (χ1n) is 6.09. The Morgan fingerprint density at radius 2 is 2.11 bits per heavy atom. The Kier molecular flexibility index (Phi) is 3.38. The normalized spacial score (nSPS) is 27.5. The number of benzene rings is 1. The van der Waals surface area contributed by atoms with E-state index in [-0.39, 0.29) is 17.3 Å². The Balaban J connectivity index is 2.23. The second-order valence-corrected chi connectivity index (χ2v) is 5.11. The van der Waals surface area contributed by atoms with E-state index in [9.17, 15) is 13.2 Å². The molecular formula is C13H17F3N2O. The molecule has 2 rings (SSSR count). The zero-order valence-corrected chi connectivity index (χ0v) is 10.8. The molecule has 0 amide bonds. The second kappa shape index (κ2) is 4.59. The van der Waals surface area contributed by atoms with Crippen LogP contribution in [0.3, 0.4) is 0 Å².